The molecule has 0 radical (unpaired) electrons. The van der Waals surface area contributed by atoms with Crippen molar-refractivity contribution < 1.29 is 13.5 Å². The Bertz CT molecular complexity index is 926. The van der Waals surface area contributed by atoms with Gasteiger partial charge in [0, 0.05) is 0 Å². The summed E-state index contributed by atoms with van der Waals surface area (Å²) in [5.74, 6) is -1.88. The topological polar surface area (TPSA) is 9.23 Å². The van der Waals surface area contributed by atoms with Crippen molar-refractivity contribution in [3.05, 3.63) is 101 Å². The summed E-state index contributed by atoms with van der Waals surface area (Å²) >= 11 is 0. The monoisotopic (exact) mass is 364 g/mol. The second-order valence-electron chi connectivity index (χ2n) is 6.50. The van der Waals surface area contributed by atoms with Crippen LogP contribution in [0.25, 0.3) is 11.1 Å². The highest BCUT2D eigenvalue weighted by atomic mass is 19.2. The van der Waals surface area contributed by atoms with Crippen molar-refractivity contribution in [2.24, 2.45) is 0 Å². The van der Waals surface area contributed by atoms with Crippen LogP contribution in [0.5, 0.6) is 5.75 Å². The summed E-state index contributed by atoms with van der Waals surface area (Å²) in [6, 6.07) is 19.6. The van der Waals surface area contributed by atoms with Gasteiger partial charge in [-0.25, -0.2) is 4.39 Å². The SMILES string of the molecule is C/C=C/Oc1ccc(CCc2ccc(-c3ccc(C)cc3)cc2)c(F)c1F. The van der Waals surface area contributed by atoms with Crippen LogP contribution in [0.1, 0.15) is 23.6 Å². The van der Waals surface area contributed by atoms with Gasteiger partial charge in [0.25, 0.3) is 0 Å². The molecule has 0 aliphatic heterocycles. The minimum Gasteiger partial charge on any atom is -0.462 e. The van der Waals surface area contributed by atoms with Gasteiger partial charge in [-0.2, -0.15) is 4.39 Å². The Hall–Kier alpha value is -2.94. The maximum atomic E-state index is 14.2. The minimum absolute atomic E-state index is 0.100. The Morgan fingerprint density at radius 1 is 0.778 bits per heavy atom. The van der Waals surface area contributed by atoms with Crippen molar-refractivity contribution in [3.8, 4) is 16.9 Å². The largest absolute Gasteiger partial charge is 0.462 e. The summed E-state index contributed by atoms with van der Waals surface area (Å²) in [4.78, 5) is 0. The summed E-state index contributed by atoms with van der Waals surface area (Å²) in [5, 5.41) is 0. The highest BCUT2D eigenvalue weighted by Crippen LogP contribution is 2.25. The van der Waals surface area contributed by atoms with Crippen molar-refractivity contribution in [2.75, 3.05) is 0 Å². The van der Waals surface area contributed by atoms with E-state index >= 15 is 0 Å². The van der Waals surface area contributed by atoms with Crippen molar-refractivity contribution in [3.63, 3.8) is 0 Å². The lowest BCUT2D eigenvalue weighted by molar-refractivity contribution is 0.411. The number of hydrogen-bond acceptors (Lipinski definition) is 1. The molecule has 0 heterocycles. The summed E-state index contributed by atoms with van der Waals surface area (Å²) in [7, 11) is 0. The van der Waals surface area contributed by atoms with E-state index in [4.69, 9.17) is 4.74 Å². The molecule has 0 aliphatic rings. The number of halogens is 2. The third kappa shape index (κ3) is 4.62. The molecule has 0 aliphatic carbocycles. The lowest BCUT2D eigenvalue weighted by atomic mass is 9.99. The predicted octanol–water partition coefficient (Wildman–Crippen LogP) is 6.64. The molecule has 1 nitrogen and oxygen atoms in total. The van der Waals surface area contributed by atoms with E-state index in [0.717, 1.165) is 16.7 Å². The molecule has 0 N–H and O–H groups in total. The van der Waals surface area contributed by atoms with E-state index in [0.29, 0.717) is 18.4 Å². The fourth-order valence-corrected chi connectivity index (χ4v) is 2.89. The van der Waals surface area contributed by atoms with Gasteiger partial charge in [0.15, 0.2) is 11.6 Å². The van der Waals surface area contributed by atoms with Crippen LogP contribution < -0.4 is 4.74 Å². The molecule has 0 amide bonds. The van der Waals surface area contributed by atoms with Crippen LogP contribution in [0.4, 0.5) is 8.78 Å². The second kappa shape index (κ2) is 8.63. The van der Waals surface area contributed by atoms with Crippen molar-refractivity contribution >= 4 is 0 Å². The molecular formula is C24H22F2O. The molecule has 0 saturated heterocycles. The van der Waals surface area contributed by atoms with E-state index < -0.39 is 11.6 Å². The first kappa shape index (κ1) is 18.8. The van der Waals surface area contributed by atoms with Gasteiger partial charge in [0.1, 0.15) is 0 Å². The molecule has 0 aromatic heterocycles. The lowest BCUT2D eigenvalue weighted by Gasteiger charge is -2.09. The van der Waals surface area contributed by atoms with Crippen molar-refractivity contribution in [1.82, 2.24) is 0 Å². The average molecular weight is 364 g/mol. The van der Waals surface area contributed by atoms with Crippen LogP contribution in [0.3, 0.4) is 0 Å². The zero-order valence-corrected chi connectivity index (χ0v) is 15.5. The lowest BCUT2D eigenvalue weighted by Crippen LogP contribution is -2.00. The van der Waals surface area contributed by atoms with Gasteiger partial charge in [-0.15, -0.1) is 0 Å². The molecule has 0 saturated carbocycles. The zero-order valence-electron chi connectivity index (χ0n) is 15.5. The van der Waals surface area contributed by atoms with E-state index in [1.807, 2.05) is 12.1 Å². The Kier molecular flexibility index (Phi) is 6.02. The van der Waals surface area contributed by atoms with Gasteiger partial charge in [0.05, 0.1) is 6.26 Å². The van der Waals surface area contributed by atoms with Gasteiger partial charge in [0.2, 0.25) is 5.82 Å². The van der Waals surface area contributed by atoms with Gasteiger partial charge < -0.3 is 4.74 Å². The molecule has 3 aromatic rings. The Balaban J connectivity index is 1.68. The Labute approximate surface area is 158 Å². The third-order valence-corrected chi connectivity index (χ3v) is 4.48. The first-order valence-corrected chi connectivity index (χ1v) is 8.99. The number of rotatable bonds is 6. The number of benzene rings is 3. The number of aryl methyl sites for hydroxylation is 3. The number of hydrogen-bond donors (Lipinski definition) is 0. The highest BCUT2D eigenvalue weighted by molar-refractivity contribution is 5.63. The Morgan fingerprint density at radius 2 is 1.41 bits per heavy atom. The predicted molar refractivity (Wildman–Crippen MR) is 106 cm³/mol. The van der Waals surface area contributed by atoms with Gasteiger partial charge >= 0.3 is 0 Å². The zero-order chi connectivity index (χ0) is 19.2. The maximum absolute atomic E-state index is 14.2. The van der Waals surface area contributed by atoms with Crippen molar-refractivity contribution in [1.29, 1.82) is 0 Å². The van der Waals surface area contributed by atoms with Gasteiger partial charge in [-0.3, -0.25) is 0 Å². The fraction of sp³-hybridized carbons (Fsp3) is 0.167. The molecule has 0 unspecified atom stereocenters. The molecule has 3 rings (SSSR count). The van der Waals surface area contributed by atoms with Crippen LogP contribution in [0.2, 0.25) is 0 Å². The smallest absolute Gasteiger partial charge is 0.201 e. The van der Waals surface area contributed by atoms with Crippen LogP contribution in [-0.2, 0) is 12.8 Å². The highest BCUT2D eigenvalue weighted by Gasteiger charge is 2.14. The molecule has 0 atom stereocenters. The average Bonchev–Trinajstić information content (AvgIpc) is 2.69. The third-order valence-electron chi connectivity index (χ3n) is 4.48. The first-order valence-electron chi connectivity index (χ1n) is 8.99. The van der Waals surface area contributed by atoms with Gasteiger partial charge in [-0.1, -0.05) is 66.2 Å². The van der Waals surface area contributed by atoms with E-state index in [1.54, 1.807) is 19.1 Å². The Morgan fingerprint density at radius 3 is 2.04 bits per heavy atom. The molecule has 0 fully saturated rings. The quantitative estimate of drug-likeness (QED) is 0.446. The van der Waals surface area contributed by atoms with E-state index in [1.165, 1.54) is 17.9 Å². The van der Waals surface area contributed by atoms with Crippen LogP contribution in [0, 0.1) is 18.6 Å². The van der Waals surface area contributed by atoms with Crippen molar-refractivity contribution in [2.45, 2.75) is 26.7 Å². The molecular weight excluding hydrogens is 342 g/mol. The number of allylic oxidation sites excluding steroid dienone is 1. The van der Waals surface area contributed by atoms with Crippen LogP contribution in [-0.4, -0.2) is 0 Å². The van der Waals surface area contributed by atoms with Crippen LogP contribution in [0.15, 0.2) is 73.0 Å². The molecule has 0 spiro atoms. The molecule has 27 heavy (non-hydrogen) atoms. The number of ether oxygens (including phenoxy) is 1. The standard InChI is InChI=1S/C24H22F2O/c1-3-16-27-22-15-14-21(23(25)24(22)26)13-8-18-6-11-20(12-7-18)19-9-4-17(2)5-10-19/h3-7,9-12,14-16H,8,13H2,1-2H3/b16-3+. The molecule has 138 valence electrons. The van der Waals surface area contributed by atoms with E-state index in [-0.39, 0.29) is 5.75 Å². The first-order chi connectivity index (χ1) is 13.1. The molecule has 3 aromatic carbocycles. The van der Waals surface area contributed by atoms with Gasteiger partial charge in [-0.05, 0) is 55.0 Å². The fourth-order valence-electron chi connectivity index (χ4n) is 2.89. The molecule has 3 heteroatoms. The van der Waals surface area contributed by atoms with Crippen LogP contribution >= 0.6 is 0 Å². The summed E-state index contributed by atoms with van der Waals surface area (Å²) in [6.07, 6.45) is 4.01. The summed E-state index contributed by atoms with van der Waals surface area (Å²) in [6.45, 7) is 3.81. The normalized spacial score (nSPS) is 11.1. The summed E-state index contributed by atoms with van der Waals surface area (Å²) < 4.78 is 33.3. The summed E-state index contributed by atoms with van der Waals surface area (Å²) in [5.41, 5.74) is 4.97. The minimum atomic E-state index is -0.944. The van der Waals surface area contributed by atoms with E-state index in [9.17, 15) is 8.78 Å². The second-order valence-corrected chi connectivity index (χ2v) is 6.50. The van der Waals surface area contributed by atoms with E-state index in [2.05, 4.69) is 43.3 Å². The maximum Gasteiger partial charge on any atom is 0.201 e. The molecule has 0 bridgehead atoms.